The third-order valence-corrected chi connectivity index (χ3v) is 2.54. The lowest BCUT2D eigenvalue weighted by Crippen LogP contribution is -2.20. The van der Waals surface area contributed by atoms with E-state index in [1.54, 1.807) is 12.1 Å². The van der Waals surface area contributed by atoms with Gasteiger partial charge in [0.1, 0.15) is 0 Å². The second kappa shape index (κ2) is 4.42. The van der Waals surface area contributed by atoms with Gasteiger partial charge in [-0.15, -0.1) is 0 Å². The molecular formula is C11H12N2O4. The van der Waals surface area contributed by atoms with Gasteiger partial charge in [0.25, 0.3) is 0 Å². The van der Waals surface area contributed by atoms with Crippen LogP contribution in [0.5, 0.6) is 0 Å². The summed E-state index contributed by atoms with van der Waals surface area (Å²) in [7, 11) is 1.53. The normalized spacial score (nSPS) is 10.9. The SMILES string of the molecule is COCCn1c(=O)[nH]c2cccc(C(=O)O)c21. The number of benzene rings is 1. The summed E-state index contributed by atoms with van der Waals surface area (Å²) in [5, 5.41) is 9.08. The lowest BCUT2D eigenvalue weighted by Gasteiger charge is -2.04. The summed E-state index contributed by atoms with van der Waals surface area (Å²) >= 11 is 0. The summed E-state index contributed by atoms with van der Waals surface area (Å²) in [6.07, 6.45) is 0. The fraction of sp³-hybridized carbons (Fsp3) is 0.273. The summed E-state index contributed by atoms with van der Waals surface area (Å²) in [4.78, 5) is 25.4. The van der Waals surface area contributed by atoms with E-state index in [0.717, 1.165) is 0 Å². The molecule has 0 amide bonds. The molecular weight excluding hydrogens is 224 g/mol. The number of aromatic amines is 1. The first-order chi connectivity index (χ1) is 8.15. The van der Waals surface area contributed by atoms with Crippen molar-refractivity contribution in [1.82, 2.24) is 9.55 Å². The number of carbonyl (C=O) groups is 1. The van der Waals surface area contributed by atoms with Gasteiger partial charge in [-0.1, -0.05) is 6.07 Å². The van der Waals surface area contributed by atoms with Crippen molar-refractivity contribution in [3.63, 3.8) is 0 Å². The Morgan fingerprint density at radius 3 is 2.94 bits per heavy atom. The lowest BCUT2D eigenvalue weighted by molar-refractivity contribution is 0.0698. The monoisotopic (exact) mass is 236 g/mol. The number of hydrogen-bond acceptors (Lipinski definition) is 3. The van der Waals surface area contributed by atoms with Gasteiger partial charge in [-0.05, 0) is 12.1 Å². The maximum atomic E-state index is 11.7. The van der Waals surface area contributed by atoms with E-state index in [2.05, 4.69) is 4.98 Å². The Morgan fingerprint density at radius 2 is 2.29 bits per heavy atom. The van der Waals surface area contributed by atoms with Crippen LogP contribution in [0, 0.1) is 0 Å². The highest BCUT2D eigenvalue weighted by Gasteiger charge is 2.14. The van der Waals surface area contributed by atoms with Crippen LogP contribution >= 0.6 is 0 Å². The maximum Gasteiger partial charge on any atom is 0.337 e. The molecule has 1 aromatic carbocycles. The van der Waals surface area contributed by atoms with Gasteiger partial charge >= 0.3 is 11.7 Å². The smallest absolute Gasteiger partial charge is 0.337 e. The van der Waals surface area contributed by atoms with Crippen molar-refractivity contribution in [1.29, 1.82) is 0 Å². The first-order valence-corrected chi connectivity index (χ1v) is 5.09. The Bertz CT molecular complexity index is 611. The minimum absolute atomic E-state index is 0.108. The maximum absolute atomic E-state index is 11.7. The molecule has 0 spiro atoms. The van der Waals surface area contributed by atoms with E-state index in [1.165, 1.54) is 17.7 Å². The molecule has 0 aliphatic rings. The molecule has 0 aliphatic carbocycles. The number of aromatic carboxylic acids is 1. The topological polar surface area (TPSA) is 84.3 Å². The highest BCUT2D eigenvalue weighted by molar-refractivity contribution is 6.01. The van der Waals surface area contributed by atoms with E-state index in [1.807, 2.05) is 0 Å². The first-order valence-electron chi connectivity index (χ1n) is 5.09. The summed E-state index contributed by atoms with van der Waals surface area (Å²) in [5.74, 6) is -1.05. The number of nitrogens with one attached hydrogen (secondary N) is 1. The van der Waals surface area contributed by atoms with Crippen molar-refractivity contribution in [3.8, 4) is 0 Å². The van der Waals surface area contributed by atoms with Crippen molar-refractivity contribution in [2.75, 3.05) is 13.7 Å². The fourth-order valence-corrected chi connectivity index (χ4v) is 1.79. The molecule has 1 aromatic heterocycles. The molecule has 0 saturated carbocycles. The number of carboxylic acids is 1. The van der Waals surface area contributed by atoms with Crippen LogP contribution in [0.3, 0.4) is 0 Å². The zero-order valence-corrected chi connectivity index (χ0v) is 9.27. The van der Waals surface area contributed by atoms with Crippen molar-refractivity contribution in [2.24, 2.45) is 0 Å². The van der Waals surface area contributed by atoms with E-state index in [4.69, 9.17) is 9.84 Å². The first kappa shape index (κ1) is 11.4. The number of aromatic nitrogens is 2. The van der Waals surface area contributed by atoms with Gasteiger partial charge < -0.3 is 14.8 Å². The van der Waals surface area contributed by atoms with Crippen molar-refractivity contribution in [3.05, 3.63) is 34.2 Å². The predicted octanol–water partition coefficient (Wildman–Crippen LogP) is 0.674. The van der Waals surface area contributed by atoms with Gasteiger partial charge in [0, 0.05) is 7.11 Å². The highest BCUT2D eigenvalue weighted by atomic mass is 16.5. The molecule has 0 aliphatic heterocycles. The molecule has 17 heavy (non-hydrogen) atoms. The minimum Gasteiger partial charge on any atom is -0.478 e. The van der Waals surface area contributed by atoms with Gasteiger partial charge in [0.2, 0.25) is 0 Å². The molecule has 1 heterocycles. The zero-order chi connectivity index (χ0) is 12.4. The predicted molar refractivity (Wildman–Crippen MR) is 61.4 cm³/mol. The number of hydrogen-bond donors (Lipinski definition) is 2. The molecule has 0 atom stereocenters. The van der Waals surface area contributed by atoms with Gasteiger partial charge in [0.15, 0.2) is 0 Å². The summed E-state index contributed by atoms with van der Waals surface area (Å²) < 4.78 is 6.28. The van der Waals surface area contributed by atoms with E-state index >= 15 is 0 Å². The van der Waals surface area contributed by atoms with Crippen LogP contribution in [-0.4, -0.2) is 34.3 Å². The Morgan fingerprint density at radius 1 is 1.53 bits per heavy atom. The second-order valence-electron chi connectivity index (χ2n) is 3.58. The summed E-state index contributed by atoms with van der Waals surface area (Å²) in [6, 6.07) is 4.75. The number of H-pyrrole nitrogens is 1. The van der Waals surface area contributed by atoms with Crippen molar-refractivity contribution < 1.29 is 14.6 Å². The number of methoxy groups -OCH3 is 1. The number of fused-ring (bicyclic) bond motifs is 1. The van der Waals surface area contributed by atoms with Gasteiger partial charge in [-0.25, -0.2) is 9.59 Å². The van der Waals surface area contributed by atoms with Crippen LogP contribution < -0.4 is 5.69 Å². The highest BCUT2D eigenvalue weighted by Crippen LogP contribution is 2.15. The van der Waals surface area contributed by atoms with Crippen LogP contribution in [0.25, 0.3) is 11.0 Å². The van der Waals surface area contributed by atoms with Gasteiger partial charge in [0.05, 0.1) is 29.7 Å². The average molecular weight is 236 g/mol. The van der Waals surface area contributed by atoms with Crippen LogP contribution in [0.1, 0.15) is 10.4 Å². The Kier molecular flexibility index (Phi) is 2.97. The summed E-state index contributed by atoms with van der Waals surface area (Å²) in [6.45, 7) is 0.667. The minimum atomic E-state index is -1.05. The zero-order valence-electron chi connectivity index (χ0n) is 9.27. The van der Waals surface area contributed by atoms with Crippen molar-refractivity contribution in [2.45, 2.75) is 6.54 Å². The molecule has 6 heteroatoms. The van der Waals surface area contributed by atoms with Crippen LogP contribution in [0.15, 0.2) is 23.0 Å². The molecule has 90 valence electrons. The molecule has 2 rings (SSSR count). The second-order valence-corrected chi connectivity index (χ2v) is 3.58. The molecule has 0 bridgehead atoms. The lowest BCUT2D eigenvalue weighted by atomic mass is 10.2. The Hall–Kier alpha value is -2.08. The van der Waals surface area contributed by atoms with E-state index in [9.17, 15) is 9.59 Å². The average Bonchev–Trinajstić information content (AvgIpc) is 2.61. The standard InChI is InChI=1S/C11H12N2O4/c1-17-6-5-13-9-7(10(14)15)3-2-4-8(9)12-11(13)16/h2-4H,5-6H2,1H3,(H,12,16)(H,14,15). The number of ether oxygens (including phenoxy) is 1. The van der Waals surface area contributed by atoms with E-state index in [-0.39, 0.29) is 11.3 Å². The molecule has 2 aromatic rings. The molecule has 0 unspecified atom stereocenters. The van der Waals surface area contributed by atoms with Crippen molar-refractivity contribution >= 4 is 17.0 Å². The molecule has 2 N–H and O–H groups in total. The largest absolute Gasteiger partial charge is 0.478 e. The van der Waals surface area contributed by atoms with Crippen LogP contribution in [0.2, 0.25) is 0 Å². The Labute approximate surface area is 96.4 Å². The van der Waals surface area contributed by atoms with Gasteiger partial charge in [-0.3, -0.25) is 4.57 Å². The van der Waals surface area contributed by atoms with Crippen LogP contribution in [-0.2, 0) is 11.3 Å². The number of imidazole rings is 1. The number of rotatable bonds is 4. The van der Waals surface area contributed by atoms with E-state index < -0.39 is 5.97 Å². The quantitative estimate of drug-likeness (QED) is 0.817. The third kappa shape index (κ3) is 1.94. The van der Waals surface area contributed by atoms with E-state index in [0.29, 0.717) is 24.2 Å². The fourth-order valence-electron chi connectivity index (χ4n) is 1.79. The third-order valence-electron chi connectivity index (χ3n) is 2.54. The van der Waals surface area contributed by atoms with Crippen LogP contribution in [0.4, 0.5) is 0 Å². The molecule has 0 saturated heterocycles. The number of nitrogens with zero attached hydrogens (tertiary/aromatic N) is 1. The van der Waals surface area contributed by atoms with Gasteiger partial charge in [-0.2, -0.15) is 0 Å². The Balaban J connectivity index is 2.68. The number of carboxylic acid groups (broad SMARTS) is 1. The molecule has 6 nitrogen and oxygen atoms in total. The molecule has 0 radical (unpaired) electrons. The summed E-state index contributed by atoms with van der Waals surface area (Å²) in [5.41, 5.74) is 0.704. The molecule has 0 fully saturated rings. The number of para-hydroxylation sites is 1.